The van der Waals surface area contributed by atoms with E-state index in [1.54, 1.807) is 11.8 Å². The maximum absolute atomic E-state index is 9.47. The van der Waals surface area contributed by atoms with Crippen molar-refractivity contribution in [2.45, 2.75) is 25.2 Å². The van der Waals surface area contributed by atoms with E-state index in [4.69, 9.17) is 0 Å². The summed E-state index contributed by atoms with van der Waals surface area (Å²) in [5.41, 5.74) is 0.760. The van der Waals surface area contributed by atoms with Gasteiger partial charge >= 0.3 is 0 Å². The van der Waals surface area contributed by atoms with Crippen molar-refractivity contribution in [2.75, 3.05) is 5.75 Å². The van der Waals surface area contributed by atoms with Crippen molar-refractivity contribution in [1.29, 1.82) is 0 Å². The van der Waals surface area contributed by atoms with Crippen LogP contribution in [0.2, 0.25) is 0 Å². The van der Waals surface area contributed by atoms with Crippen LogP contribution in [-0.4, -0.2) is 16.5 Å². The first kappa shape index (κ1) is 10.6. The van der Waals surface area contributed by atoms with Crippen LogP contribution >= 0.6 is 11.8 Å². The van der Waals surface area contributed by atoms with Crippen LogP contribution < -0.4 is 0 Å². The van der Waals surface area contributed by atoms with E-state index in [1.165, 1.54) is 5.56 Å². The molecule has 72 valence electrons. The van der Waals surface area contributed by atoms with Gasteiger partial charge in [0.15, 0.2) is 0 Å². The average molecular weight is 196 g/mol. The number of hydrogen-bond acceptors (Lipinski definition) is 2. The standard InChI is InChI=1S/C11H16OS/c1-11(2,12)9-13-8-10-6-4-3-5-7-10/h3-7,12H,8-9H2,1-2H3. The first-order valence-electron chi connectivity index (χ1n) is 4.42. The van der Waals surface area contributed by atoms with E-state index in [1.807, 2.05) is 32.0 Å². The molecule has 1 aromatic carbocycles. The summed E-state index contributed by atoms with van der Waals surface area (Å²) in [6.45, 7) is 3.68. The molecule has 0 saturated carbocycles. The highest BCUT2D eigenvalue weighted by Gasteiger charge is 2.11. The molecule has 0 fully saturated rings. The maximum Gasteiger partial charge on any atom is 0.0681 e. The Bertz CT molecular complexity index is 238. The van der Waals surface area contributed by atoms with Crippen LogP contribution in [0.5, 0.6) is 0 Å². The van der Waals surface area contributed by atoms with E-state index in [2.05, 4.69) is 12.1 Å². The highest BCUT2D eigenvalue weighted by atomic mass is 32.2. The molecular formula is C11H16OS. The predicted octanol–water partition coefficient (Wildman–Crippen LogP) is 2.69. The lowest BCUT2D eigenvalue weighted by atomic mass is 10.2. The van der Waals surface area contributed by atoms with E-state index in [0.29, 0.717) is 0 Å². The molecule has 1 rings (SSSR count). The van der Waals surface area contributed by atoms with Gasteiger partial charge in [-0.25, -0.2) is 0 Å². The summed E-state index contributed by atoms with van der Waals surface area (Å²) < 4.78 is 0. The number of rotatable bonds is 4. The molecular weight excluding hydrogens is 180 g/mol. The fourth-order valence-electron chi connectivity index (χ4n) is 0.993. The Morgan fingerprint density at radius 3 is 2.38 bits per heavy atom. The Morgan fingerprint density at radius 2 is 1.85 bits per heavy atom. The van der Waals surface area contributed by atoms with Crippen LogP contribution in [0.4, 0.5) is 0 Å². The molecule has 0 heterocycles. The number of aliphatic hydroxyl groups is 1. The Hall–Kier alpha value is -0.470. The van der Waals surface area contributed by atoms with Crippen molar-refractivity contribution in [3.05, 3.63) is 35.9 Å². The van der Waals surface area contributed by atoms with Crippen LogP contribution in [0.1, 0.15) is 19.4 Å². The molecule has 1 nitrogen and oxygen atoms in total. The first-order chi connectivity index (χ1) is 6.08. The molecule has 1 N–H and O–H groups in total. The zero-order valence-corrected chi connectivity index (χ0v) is 8.97. The molecule has 0 radical (unpaired) electrons. The number of benzene rings is 1. The van der Waals surface area contributed by atoms with E-state index in [0.717, 1.165) is 11.5 Å². The monoisotopic (exact) mass is 196 g/mol. The third kappa shape index (κ3) is 4.96. The molecule has 0 amide bonds. The van der Waals surface area contributed by atoms with E-state index < -0.39 is 5.60 Å². The second-order valence-corrected chi connectivity index (χ2v) is 4.78. The topological polar surface area (TPSA) is 20.2 Å². The molecule has 0 aromatic heterocycles. The van der Waals surface area contributed by atoms with Gasteiger partial charge in [0.1, 0.15) is 0 Å². The minimum atomic E-state index is -0.556. The molecule has 0 bridgehead atoms. The van der Waals surface area contributed by atoms with Gasteiger partial charge in [0.25, 0.3) is 0 Å². The molecule has 0 aliphatic carbocycles. The molecule has 0 spiro atoms. The van der Waals surface area contributed by atoms with Crippen molar-refractivity contribution in [3.63, 3.8) is 0 Å². The fraction of sp³-hybridized carbons (Fsp3) is 0.455. The summed E-state index contributed by atoms with van der Waals surface area (Å²) >= 11 is 1.76. The van der Waals surface area contributed by atoms with Gasteiger partial charge in [-0.1, -0.05) is 30.3 Å². The van der Waals surface area contributed by atoms with Gasteiger partial charge in [-0.05, 0) is 19.4 Å². The second kappa shape index (κ2) is 4.68. The zero-order chi connectivity index (χ0) is 9.73. The molecule has 0 aliphatic heterocycles. The number of thioether (sulfide) groups is 1. The quantitative estimate of drug-likeness (QED) is 0.799. The summed E-state index contributed by atoms with van der Waals surface area (Å²) in [6.07, 6.45) is 0. The van der Waals surface area contributed by atoms with Crippen LogP contribution in [0.3, 0.4) is 0 Å². The lowest BCUT2D eigenvalue weighted by molar-refractivity contribution is 0.107. The lowest BCUT2D eigenvalue weighted by Gasteiger charge is -2.15. The van der Waals surface area contributed by atoms with Gasteiger partial charge < -0.3 is 5.11 Å². The van der Waals surface area contributed by atoms with Gasteiger partial charge in [-0.2, -0.15) is 11.8 Å². The fourth-order valence-corrected chi connectivity index (χ4v) is 2.02. The summed E-state index contributed by atoms with van der Waals surface area (Å²) in [6, 6.07) is 10.3. The minimum Gasteiger partial charge on any atom is -0.390 e. The van der Waals surface area contributed by atoms with Crippen LogP contribution in [0, 0.1) is 0 Å². The molecule has 0 aliphatic rings. The van der Waals surface area contributed by atoms with Gasteiger partial charge in [-0.15, -0.1) is 0 Å². The third-order valence-corrected chi connectivity index (χ3v) is 3.01. The van der Waals surface area contributed by atoms with Gasteiger partial charge in [-0.3, -0.25) is 0 Å². The van der Waals surface area contributed by atoms with Crippen LogP contribution in [0.25, 0.3) is 0 Å². The summed E-state index contributed by atoms with van der Waals surface area (Å²) in [5, 5.41) is 9.47. The highest BCUT2D eigenvalue weighted by Crippen LogP contribution is 2.17. The summed E-state index contributed by atoms with van der Waals surface area (Å²) in [5.74, 6) is 1.76. The molecule has 13 heavy (non-hydrogen) atoms. The SMILES string of the molecule is CC(C)(O)CSCc1ccccc1. The molecule has 0 atom stereocenters. The average Bonchev–Trinajstić information content (AvgIpc) is 2.04. The Balaban J connectivity index is 2.29. The van der Waals surface area contributed by atoms with E-state index in [-0.39, 0.29) is 0 Å². The predicted molar refractivity (Wildman–Crippen MR) is 58.9 cm³/mol. The Morgan fingerprint density at radius 1 is 1.23 bits per heavy atom. The highest BCUT2D eigenvalue weighted by molar-refractivity contribution is 7.98. The molecule has 2 heteroatoms. The zero-order valence-electron chi connectivity index (χ0n) is 8.16. The van der Waals surface area contributed by atoms with Gasteiger partial charge in [0.2, 0.25) is 0 Å². The van der Waals surface area contributed by atoms with Crippen LogP contribution in [-0.2, 0) is 5.75 Å². The molecule has 0 unspecified atom stereocenters. The van der Waals surface area contributed by atoms with Crippen molar-refractivity contribution in [2.24, 2.45) is 0 Å². The third-order valence-electron chi connectivity index (χ3n) is 1.57. The van der Waals surface area contributed by atoms with Gasteiger partial charge in [0.05, 0.1) is 5.60 Å². The summed E-state index contributed by atoms with van der Waals surface area (Å²) in [7, 11) is 0. The smallest absolute Gasteiger partial charge is 0.0681 e. The lowest BCUT2D eigenvalue weighted by Crippen LogP contribution is -2.21. The number of hydrogen-bond donors (Lipinski definition) is 1. The van der Waals surface area contributed by atoms with Crippen molar-refractivity contribution >= 4 is 11.8 Å². The molecule has 1 aromatic rings. The maximum atomic E-state index is 9.47. The van der Waals surface area contributed by atoms with Crippen molar-refractivity contribution < 1.29 is 5.11 Å². The van der Waals surface area contributed by atoms with E-state index >= 15 is 0 Å². The van der Waals surface area contributed by atoms with Crippen molar-refractivity contribution in [1.82, 2.24) is 0 Å². The Kier molecular flexibility index (Phi) is 3.82. The molecule has 0 saturated heterocycles. The largest absolute Gasteiger partial charge is 0.390 e. The van der Waals surface area contributed by atoms with E-state index in [9.17, 15) is 5.11 Å². The van der Waals surface area contributed by atoms with Gasteiger partial charge in [0, 0.05) is 11.5 Å². The first-order valence-corrected chi connectivity index (χ1v) is 5.57. The van der Waals surface area contributed by atoms with Crippen LogP contribution in [0.15, 0.2) is 30.3 Å². The summed E-state index contributed by atoms with van der Waals surface area (Å²) in [4.78, 5) is 0. The normalized spacial score (nSPS) is 11.6. The second-order valence-electron chi connectivity index (χ2n) is 3.79. The Labute approximate surface area is 84.2 Å². The van der Waals surface area contributed by atoms with Crippen molar-refractivity contribution in [3.8, 4) is 0 Å². The minimum absolute atomic E-state index is 0.556.